The number of nitrogens with one attached hydrogen (secondary N) is 1. The Labute approximate surface area is 96.5 Å². The summed E-state index contributed by atoms with van der Waals surface area (Å²) in [4.78, 5) is 4.02. The number of rotatable bonds is 4. The van der Waals surface area contributed by atoms with Crippen LogP contribution in [-0.4, -0.2) is 17.1 Å². The van der Waals surface area contributed by atoms with Crippen molar-refractivity contribution in [3.8, 4) is 6.07 Å². The van der Waals surface area contributed by atoms with E-state index in [0.717, 1.165) is 5.69 Å². The Bertz CT molecular complexity index is 394. The van der Waals surface area contributed by atoms with Gasteiger partial charge in [-0.2, -0.15) is 5.26 Å². The van der Waals surface area contributed by atoms with Crippen LogP contribution in [0.5, 0.6) is 0 Å². The highest BCUT2D eigenvalue weighted by Gasteiger charge is 2.27. The van der Waals surface area contributed by atoms with E-state index in [2.05, 4.69) is 30.2 Å². The standard InChI is InChI=1S/C12H18N4/c1-9(2)12(3,8-14)16-11-7-15-5-4-10(11)6-13/h4-5,7,9,16H,8,14H2,1-3H3. The highest BCUT2D eigenvalue weighted by molar-refractivity contribution is 5.56. The Morgan fingerprint density at radius 1 is 1.62 bits per heavy atom. The minimum Gasteiger partial charge on any atom is -0.376 e. The molecule has 0 fully saturated rings. The number of nitrogens with two attached hydrogens (primary N) is 1. The van der Waals surface area contributed by atoms with Crippen LogP contribution in [-0.2, 0) is 0 Å². The van der Waals surface area contributed by atoms with Gasteiger partial charge in [-0.25, -0.2) is 0 Å². The molecule has 86 valence electrons. The summed E-state index contributed by atoms with van der Waals surface area (Å²) in [5.41, 5.74) is 6.89. The summed E-state index contributed by atoms with van der Waals surface area (Å²) in [6, 6.07) is 3.83. The fourth-order valence-electron chi connectivity index (χ4n) is 1.33. The van der Waals surface area contributed by atoms with Gasteiger partial charge >= 0.3 is 0 Å². The van der Waals surface area contributed by atoms with Crippen LogP contribution >= 0.6 is 0 Å². The van der Waals surface area contributed by atoms with Gasteiger partial charge < -0.3 is 11.1 Å². The SMILES string of the molecule is CC(C)C(C)(CN)Nc1cnccc1C#N. The monoisotopic (exact) mass is 218 g/mol. The van der Waals surface area contributed by atoms with Crippen LogP contribution in [0.2, 0.25) is 0 Å². The number of hydrogen-bond donors (Lipinski definition) is 2. The lowest BCUT2D eigenvalue weighted by molar-refractivity contribution is 0.382. The lowest BCUT2D eigenvalue weighted by atomic mass is 9.88. The number of pyridine rings is 1. The molecule has 0 aliphatic carbocycles. The molecule has 1 atom stereocenters. The molecule has 3 N–H and O–H groups in total. The second-order valence-corrected chi connectivity index (χ2v) is 4.43. The third-order valence-electron chi connectivity index (χ3n) is 3.06. The normalized spacial score (nSPS) is 14.2. The molecule has 4 heteroatoms. The van der Waals surface area contributed by atoms with E-state index in [-0.39, 0.29) is 5.54 Å². The van der Waals surface area contributed by atoms with Crippen molar-refractivity contribution < 1.29 is 0 Å². The van der Waals surface area contributed by atoms with Gasteiger partial charge in [0.25, 0.3) is 0 Å². The first kappa shape index (κ1) is 12.5. The van der Waals surface area contributed by atoms with E-state index < -0.39 is 0 Å². The maximum absolute atomic E-state index is 8.98. The van der Waals surface area contributed by atoms with Crippen molar-refractivity contribution in [3.63, 3.8) is 0 Å². The molecule has 1 unspecified atom stereocenters. The molecule has 0 aliphatic rings. The molecular weight excluding hydrogens is 200 g/mol. The Morgan fingerprint density at radius 2 is 2.31 bits per heavy atom. The number of anilines is 1. The van der Waals surface area contributed by atoms with Gasteiger partial charge in [-0.1, -0.05) is 13.8 Å². The molecule has 0 amide bonds. The van der Waals surface area contributed by atoms with Crippen molar-refractivity contribution in [2.75, 3.05) is 11.9 Å². The lowest BCUT2D eigenvalue weighted by Crippen LogP contribution is -2.47. The van der Waals surface area contributed by atoms with E-state index >= 15 is 0 Å². The zero-order valence-corrected chi connectivity index (χ0v) is 9.99. The zero-order valence-electron chi connectivity index (χ0n) is 9.99. The summed E-state index contributed by atoms with van der Waals surface area (Å²) in [6.07, 6.45) is 3.27. The smallest absolute Gasteiger partial charge is 0.101 e. The van der Waals surface area contributed by atoms with E-state index in [1.54, 1.807) is 18.5 Å². The Balaban J connectivity index is 3.00. The van der Waals surface area contributed by atoms with Crippen LogP contribution in [0.4, 0.5) is 5.69 Å². The lowest BCUT2D eigenvalue weighted by Gasteiger charge is -2.34. The molecule has 1 aromatic heterocycles. The Hall–Kier alpha value is -1.60. The molecule has 0 saturated carbocycles. The van der Waals surface area contributed by atoms with E-state index in [0.29, 0.717) is 18.0 Å². The second kappa shape index (κ2) is 4.95. The molecule has 1 heterocycles. The van der Waals surface area contributed by atoms with Gasteiger partial charge in [-0.15, -0.1) is 0 Å². The van der Waals surface area contributed by atoms with Crippen molar-refractivity contribution in [1.29, 1.82) is 5.26 Å². The van der Waals surface area contributed by atoms with Gasteiger partial charge in [-0.3, -0.25) is 4.98 Å². The first-order valence-corrected chi connectivity index (χ1v) is 5.36. The molecule has 0 radical (unpaired) electrons. The highest BCUT2D eigenvalue weighted by atomic mass is 15.0. The summed E-state index contributed by atoms with van der Waals surface area (Å²) in [5, 5.41) is 12.3. The summed E-state index contributed by atoms with van der Waals surface area (Å²) in [6.45, 7) is 6.75. The first-order valence-electron chi connectivity index (χ1n) is 5.36. The maximum atomic E-state index is 8.98. The van der Waals surface area contributed by atoms with Crippen LogP contribution in [0.15, 0.2) is 18.5 Å². The fourth-order valence-corrected chi connectivity index (χ4v) is 1.33. The molecule has 1 rings (SSSR count). The maximum Gasteiger partial charge on any atom is 0.101 e. The third-order valence-corrected chi connectivity index (χ3v) is 3.06. The van der Waals surface area contributed by atoms with Gasteiger partial charge in [0.15, 0.2) is 0 Å². The third kappa shape index (κ3) is 2.50. The number of aromatic nitrogens is 1. The highest BCUT2D eigenvalue weighted by Crippen LogP contribution is 2.23. The van der Waals surface area contributed by atoms with Gasteiger partial charge in [0, 0.05) is 18.3 Å². The molecule has 4 nitrogen and oxygen atoms in total. The van der Waals surface area contributed by atoms with Gasteiger partial charge in [0.1, 0.15) is 6.07 Å². The van der Waals surface area contributed by atoms with Gasteiger partial charge in [0.2, 0.25) is 0 Å². The molecule has 0 aliphatic heterocycles. The molecule has 16 heavy (non-hydrogen) atoms. The minimum atomic E-state index is -0.228. The Morgan fingerprint density at radius 3 is 2.81 bits per heavy atom. The largest absolute Gasteiger partial charge is 0.376 e. The number of nitrogens with zero attached hydrogens (tertiary/aromatic N) is 2. The van der Waals surface area contributed by atoms with Crippen molar-refractivity contribution in [1.82, 2.24) is 4.98 Å². The van der Waals surface area contributed by atoms with E-state index in [4.69, 9.17) is 11.0 Å². The van der Waals surface area contributed by atoms with Crippen LogP contribution in [0, 0.1) is 17.2 Å². The van der Waals surface area contributed by atoms with Crippen molar-refractivity contribution in [3.05, 3.63) is 24.0 Å². The van der Waals surface area contributed by atoms with Crippen LogP contribution in [0.3, 0.4) is 0 Å². The van der Waals surface area contributed by atoms with Crippen LogP contribution in [0.25, 0.3) is 0 Å². The van der Waals surface area contributed by atoms with Crippen molar-refractivity contribution in [2.45, 2.75) is 26.3 Å². The van der Waals surface area contributed by atoms with Gasteiger partial charge in [0.05, 0.1) is 17.4 Å². The van der Waals surface area contributed by atoms with Crippen molar-refractivity contribution >= 4 is 5.69 Å². The molecule has 0 saturated heterocycles. The van der Waals surface area contributed by atoms with Crippen molar-refractivity contribution in [2.24, 2.45) is 11.7 Å². The van der Waals surface area contributed by atoms with E-state index in [1.807, 2.05) is 6.92 Å². The summed E-state index contributed by atoms with van der Waals surface area (Å²) in [5.74, 6) is 0.365. The van der Waals surface area contributed by atoms with Gasteiger partial charge in [-0.05, 0) is 18.9 Å². The summed E-state index contributed by atoms with van der Waals surface area (Å²) >= 11 is 0. The van der Waals surface area contributed by atoms with E-state index in [1.165, 1.54) is 0 Å². The average Bonchev–Trinajstić information content (AvgIpc) is 2.29. The topological polar surface area (TPSA) is 74.7 Å². The van der Waals surface area contributed by atoms with E-state index in [9.17, 15) is 0 Å². The molecule has 0 spiro atoms. The second-order valence-electron chi connectivity index (χ2n) is 4.43. The summed E-state index contributed by atoms with van der Waals surface area (Å²) < 4.78 is 0. The fraction of sp³-hybridized carbons (Fsp3) is 0.500. The van der Waals surface area contributed by atoms with Crippen LogP contribution < -0.4 is 11.1 Å². The predicted molar refractivity (Wildman–Crippen MR) is 64.9 cm³/mol. The zero-order chi connectivity index (χ0) is 12.2. The first-order chi connectivity index (χ1) is 7.53. The number of nitriles is 1. The average molecular weight is 218 g/mol. The predicted octanol–water partition coefficient (Wildman–Crippen LogP) is 1.74. The quantitative estimate of drug-likeness (QED) is 0.807. The minimum absolute atomic E-state index is 0.228. The molecule has 0 bridgehead atoms. The molecular formula is C12H18N4. The summed E-state index contributed by atoms with van der Waals surface area (Å²) in [7, 11) is 0. The number of hydrogen-bond acceptors (Lipinski definition) is 4. The van der Waals surface area contributed by atoms with Crippen LogP contribution in [0.1, 0.15) is 26.3 Å². The molecule has 0 aromatic carbocycles. The molecule has 1 aromatic rings. The Kier molecular flexibility index (Phi) is 3.86.